The summed E-state index contributed by atoms with van der Waals surface area (Å²) < 4.78 is 5.34. The number of hydrogen-bond acceptors (Lipinski definition) is 6. The van der Waals surface area contributed by atoms with E-state index in [2.05, 4.69) is 20.1 Å². The van der Waals surface area contributed by atoms with Gasteiger partial charge in [-0.1, -0.05) is 30.1 Å². The van der Waals surface area contributed by atoms with Crippen LogP contribution in [-0.4, -0.2) is 38.0 Å². The van der Waals surface area contributed by atoms with Crippen LogP contribution in [0.5, 0.6) is 0 Å². The highest BCUT2D eigenvalue weighted by Crippen LogP contribution is 2.32. The fourth-order valence-electron chi connectivity index (χ4n) is 3.32. The quantitative estimate of drug-likeness (QED) is 0.771. The first-order valence-electron chi connectivity index (χ1n) is 8.69. The Hall–Kier alpha value is -3.03. The van der Waals surface area contributed by atoms with Crippen molar-refractivity contribution in [1.82, 2.24) is 25.0 Å². The molecule has 1 aliphatic rings. The Balaban J connectivity index is 1.52. The summed E-state index contributed by atoms with van der Waals surface area (Å²) >= 11 is 0. The van der Waals surface area contributed by atoms with E-state index < -0.39 is 5.91 Å². The van der Waals surface area contributed by atoms with Crippen LogP contribution < -0.4 is 5.56 Å². The molecule has 8 nitrogen and oxygen atoms in total. The second kappa shape index (κ2) is 6.70. The molecule has 4 rings (SSSR count). The SMILES string of the molecule is CN(Cc1noc(C2CCCC2)n1)C(=O)c1nc2ccccc2c(=O)[nH]1. The van der Waals surface area contributed by atoms with Crippen LogP contribution in [0.15, 0.2) is 33.6 Å². The minimum Gasteiger partial charge on any atom is -0.339 e. The molecule has 0 aliphatic heterocycles. The zero-order valence-electron chi connectivity index (χ0n) is 14.4. The van der Waals surface area contributed by atoms with E-state index in [-0.39, 0.29) is 17.9 Å². The highest BCUT2D eigenvalue weighted by atomic mass is 16.5. The molecule has 1 fully saturated rings. The number of carbonyl (C=O) groups excluding carboxylic acids is 1. The van der Waals surface area contributed by atoms with Crippen molar-refractivity contribution in [2.45, 2.75) is 38.1 Å². The maximum Gasteiger partial charge on any atom is 0.289 e. The van der Waals surface area contributed by atoms with Gasteiger partial charge in [-0.3, -0.25) is 9.59 Å². The van der Waals surface area contributed by atoms with Crippen molar-refractivity contribution in [3.63, 3.8) is 0 Å². The smallest absolute Gasteiger partial charge is 0.289 e. The van der Waals surface area contributed by atoms with Gasteiger partial charge in [0.15, 0.2) is 11.6 Å². The van der Waals surface area contributed by atoms with E-state index >= 15 is 0 Å². The van der Waals surface area contributed by atoms with Gasteiger partial charge in [0.2, 0.25) is 5.89 Å². The Morgan fingerprint density at radius 1 is 1.27 bits per heavy atom. The molecule has 0 bridgehead atoms. The molecule has 2 heterocycles. The van der Waals surface area contributed by atoms with Crippen LogP contribution in [0.3, 0.4) is 0 Å². The summed E-state index contributed by atoms with van der Waals surface area (Å²) in [6.45, 7) is 0.186. The molecule has 1 N–H and O–H groups in total. The summed E-state index contributed by atoms with van der Waals surface area (Å²) in [5.74, 6) is 1.02. The molecule has 0 spiro atoms. The predicted molar refractivity (Wildman–Crippen MR) is 93.7 cm³/mol. The molecule has 0 radical (unpaired) electrons. The minimum atomic E-state index is -0.403. The van der Waals surface area contributed by atoms with E-state index in [1.54, 1.807) is 31.3 Å². The Morgan fingerprint density at radius 3 is 2.85 bits per heavy atom. The molecule has 26 heavy (non-hydrogen) atoms. The van der Waals surface area contributed by atoms with Crippen molar-refractivity contribution in [1.29, 1.82) is 0 Å². The van der Waals surface area contributed by atoms with Gasteiger partial charge in [0.1, 0.15) is 0 Å². The summed E-state index contributed by atoms with van der Waals surface area (Å²) in [6.07, 6.45) is 4.50. The molecule has 0 unspecified atom stereocenters. The number of aromatic amines is 1. The third-order valence-corrected chi connectivity index (χ3v) is 4.73. The van der Waals surface area contributed by atoms with E-state index in [1.807, 2.05) is 0 Å². The number of benzene rings is 1. The normalized spacial score (nSPS) is 14.8. The molecule has 1 saturated carbocycles. The number of hydrogen-bond donors (Lipinski definition) is 1. The lowest BCUT2D eigenvalue weighted by Gasteiger charge is -2.14. The molecule has 1 aliphatic carbocycles. The number of amides is 1. The summed E-state index contributed by atoms with van der Waals surface area (Å²) in [5, 5.41) is 4.42. The van der Waals surface area contributed by atoms with Crippen LogP contribution in [0, 0.1) is 0 Å². The summed E-state index contributed by atoms with van der Waals surface area (Å²) in [4.78, 5) is 37.4. The topological polar surface area (TPSA) is 105 Å². The lowest BCUT2D eigenvalue weighted by Crippen LogP contribution is -2.30. The minimum absolute atomic E-state index is 0.00397. The summed E-state index contributed by atoms with van der Waals surface area (Å²) in [5.41, 5.74) is 0.145. The largest absolute Gasteiger partial charge is 0.339 e. The zero-order chi connectivity index (χ0) is 18.1. The van der Waals surface area contributed by atoms with Gasteiger partial charge in [-0.05, 0) is 25.0 Å². The monoisotopic (exact) mass is 353 g/mol. The molecule has 8 heteroatoms. The number of aromatic nitrogens is 4. The van der Waals surface area contributed by atoms with Gasteiger partial charge < -0.3 is 14.4 Å². The molecule has 0 atom stereocenters. The fourth-order valence-corrected chi connectivity index (χ4v) is 3.32. The van der Waals surface area contributed by atoms with E-state index in [0.717, 1.165) is 12.8 Å². The molecule has 2 aromatic heterocycles. The molecule has 0 saturated heterocycles. The molecule has 1 aromatic carbocycles. The van der Waals surface area contributed by atoms with E-state index in [1.165, 1.54) is 17.7 Å². The van der Waals surface area contributed by atoms with Gasteiger partial charge in [-0.2, -0.15) is 4.98 Å². The van der Waals surface area contributed by atoms with Gasteiger partial charge in [0.05, 0.1) is 17.4 Å². The van der Waals surface area contributed by atoms with Crippen LogP contribution in [0.4, 0.5) is 0 Å². The number of para-hydroxylation sites is 1. The van der Waals surface area contributed by atoms with E-state index in [4.69, 9.17) is 4.52 Å². The Morgan fingerprint density at radius 2 is 2.04 bits per heavy atom. The first kappa shape index (κ1) is 16.4. The number of fused-ring (bicyclic) bond motifs is 1. The second-order valence-electron chi connectivity index (χ2n) is 6.62. The van der Waals surface area contributed by atoms with Crippen molar-refractivity contribution < 1.29 is 9.32 Å². The number of carbonyl (C=O) groups is 1. The third kappa shape index (κ3) is 3.10. The van der Waals surface area contributed by atoms with Gasteiger partial charge in [0, 0.05) is 13.0 Å². The Bertz CT molecular complexity index is 1000. The van der Waals surface area contributed by atoms with Gasteiger partial charge in [-0.15, -0.1) is 0 Å². The summed E-state index contributed by atoms with van der Waals surface area (Å²) in [7, 11) is 1.61. The van der Waals surface area contributed by atoms with Crippen molar-refractivity contribution in [2.75, 3.05) is 7.05 Å². The highest BCUT2D eigenvalue weighted by Gasteiger charge is 2.24. The molecule has 134 valence electrons. The van der Waals surface area contributed by atoms with E-state index in [9.17, 15) is 9.59 Å². The maximum atomic E-state index is 12.6. The summed E-state index contributed by atoms with van der Waals surface area (Å²) in [6, 6.07) is 6.90. The van der Waals surface area contributed by atoms with Gasteiger partial charge in [-0.25, -0.2) is 4.98 Å². The van der Waals surface area contributed by atoms with Gasteiger partial charge >= 0.3 is 0 Å². The standard InChI is InChI=1S/C18H19N5O3/c1-23(10-14-20-17(26-22-14)11-6-2-3-7-11)18(25)15-19-13-9-5-4-8-12(13)16(24)21-15/h4-5,8-9,11H,2-3,6-7,10H2,1H3,(H,19,21,24). The number of nitrogens with one attached hydrogen (secondary N) is 1. The van der Waals surface area contributed by atoms with Crippen molar-refractivity contribution in [3.05, 3.63) is 52.2 Å². The highest BCUT2D eigenvalue weighted by molar-refractivity contribution is 5.92. The number of rotatable bonds is 4. The van der Waals surface area contributed by atoms with Gasteiger partial charge in [0.25, 0.3) is 11.5 Å². The Labute approximate surface area is 149 Å². The maximum absolute atomic E-state index is 12.6. The molecule has 1 amide bonds. The lowest BCUT2D eigenvalue weighted by atomic mass is 10.1. The van der Waals surface area contributed by atoms with Crippen LogP contribution >= 0.6 is 0 Å². The molecular formula is C18H19N5O3. The molecule has 3 aromatic rings. The number of H-pyrrole nitrogens is 1. The average molecular weight is 353 g/mol. The van der Waals surface area contributed by atoms with Crippen molar-refractivity contribution >= 4 is 16.8 Å². The van der Waals surface area contributed by atoms with E-state index in [0.29, 0.717) is 28.5 Å². The lowest BCUT2D eigenvalue weighted by molar-refractivity contribution is 0.0768. The Kier molecular flexibility index (Phi) is 4.24. The van der Waals surface area contributed by atoms with Crippen molar-refractivity contribution in [2.24, 2.45) is 0 Å². The second-order valence-corrected chi connectivity index (χ2v) is 6.62. The fraction of sp³-hybridized carbons (Fsp3) is 0.389. The van der Waals surface area contributed by atoms with Crippen LogP contribution in [0.2, 0.25) is 0 Å². The zero-order valence-corrected chi connectivity index (χ0v) is 14.4. The average Bonchev–Trinajstić information content (AvgIpc) is 3.32. The predicted octanol–water partition coefficient (Wildman–Crippen LogP) is 2.24. The first-order valence-corrected chi connectivity index (χ1v) is 8.69. The third-order valence-electron chi connectivity index (χ3n) is 4.73. The molecular weight excluding hydrogens is 334 g/mol. The first-order chi connectivity index (χ1) is 12.6. The van der Waals surface area contributed by atoms with Crippen molar-refractivity contribution in [3.8, 4) is 0 Å². The van der Waals surface area contributed by atoms with Crippen LogP contribution in [0.1, 0.15) is 53.9 Å². The van der Waals surface area contributed by atoms with Crippen LogP contribution in [0.25, 0.3) is 10.9 Å². The van der Waals surface area contributed by atoms with Crippen LogP contribution in [-0.2, 0) is 6.54 Å². The number of nitrogens with zero attached hydrogens (tertiary/aromatic N) is 4.